The van der Waals surface area contributed by atoms with Gasteiger partial charge in [-0.15, -0.1) is 0 Å². The van der Waals surface area contributed by atoms with Crippen molar-refractivity contribution in [2.45, 2.75) is 18.9 Å². The second kappa shape index (κ2) is 7.12. The molecule has 1 atom stereocenters. The number of carbonyl (C=O) groups excluding carboxylic acids is 1. The summed E-state index contributed by atoms with van der Waals surface area (Å²) >= 11 is 0. The molecule has 8 nitrogen and oxygen atoms in total. The molecule has 3 rings (SSSR count). The maximum atomic E-state index is 12.5. The summed E-state index contributed by atoms with van der Waals surface area (Å²) in [5.41, 5.74) is -0.247. The lowest BCUT2D eigenvalue weighted by atomic mass is 10.1. The van der Waals surface area contributed by atoms with Crippen molar-refractivity contribution in [3.05, 3.63) is 46.6 Å². The number of methoxy groups -OCH3 is 1. The number of ether oxygens (including phenoxy) is 2. The Kier molecular flexibility index (Phi) is 4.74. The Balaban J connectivity index is 1.69. The number of pyridine rings is 1. The molecular formula is C16H18N4O4. The van der Waals surface area contributed by atoms with Crippen LogP contribution in [0.25, 0.3) is 0 Å². The third-order valence-corrected chi connectivity index (χ3v) is 3.80. The van der Waals surface area contributed by atoms with E-state index in [4.69, 9.17) is 9.47 Å². The minimum absolute atomic E-state index is 0.138. The van der Waals surface area contributed by atoms with Crippen molar-refractivity contribution in [1.29, 1.82) is 0 Å². The van der Waals surface area contributed by atoms with E-state index in [1.165, 1.54) is 31.8 Å². The predicted octanol–water partition coefficient (Wildman–Crippen LogP) is 0.857. The first-order chi connectivity index (χ1) is 11.7. The molecule has 0 aromatic carbocycles. The Morgan fingerprint density at radius 3 is 3.00 bits per heavy atom. The molecule has 1 saturated heterocycles. The molecule has 24 heavy (non-hydrogen) atoms. The molecule has 1 aliphatic rings. The van der Waals surface area contributed by atoms with Gasteiger partial charge in [-0.1, -0.05) is 0 Å². The lowest BCUT2D eigenvalue weighted by Gasteiger charge is -2.32. The monoisotopic (exact) mass is 330 g/mol. The maximum absolute atomic E-state index is 12.5. The quantitative estimate of drug-likeness (QED) is 0.893. The van der Waals surface area contributed by atoms with E-state index in [1.807, 2.05) is 0 Å². The number of H-pyrrole nitrogens is 1. The van der Waals surface area contributed by atoms with Gasteiger partial charge >= 0.3 is 0 Å². The van der Waals surface area contributed by atoms with E-state index < -0.39 is 0 Å². The summed E-state index contributed by atoms with van der Waals surface area (Å²) in [6.07, 6.45) is 5.89. The van der Waals surface area contributed by atoms with E-state index in [9.17, 15) is 9.59 Å². The highest BCUT2D eigenvalue weighted by Gasteiger charge is 2.27. The summed E-state index contributed by atoms with van der Waals surface area (Å²) in [6, 6.07) is 3.16. The van der Waals surface area contributed by atoms with Crippen LogP contribution in [-0.2, 0) is 0 Å². The van der Waals surface area contributed by atoms with Crippen LogP contribution >= 0.6 is 0 Å². The fourth-order valence-corrected chi connectivity index (χ4v) is 2.64. The van der Waals surface area contributed by atoms with Crippen molar-refractivity contribution in [2.75, 3.05) is 20.2 Å². The van der Waals surface area contributed by atoms with E-state index in [-0.39, 0.29) is 23.1 Å². The molecule has 0 aliphatic carbocycles. The van der Waals surface area contributed by atoms with E-state index in [1.54, 1.807) is 11.0 Å². The number of nitrogens with one attached hydrogen (secondary N) is 1. The summed E-state index contributed by atoms with van der Waals surface area (Å²) in [6.45, 7) is 0.989. The summed E-state index contributed by atoms with van der Waals surface area (Å²) < 4.78 is 10.8. The van der Waals surface area contributed by atoms with Crippen molar-refractivity contribution in [1.82, 2.24) is 19.9 Å². The van der Waals surface area contributed by atoms with Gasteiger partial charge in [-0.25, -0.2) is 0 Å². The number of hydrogen-bond donors (Lipinski definition) is 1. The predicted molar refractivity (Wildman–Crippen MR) is 85.2 cm³/mol. The van der Waals surface area contributed by atoms with Gasteiger partial charge in [0.15, 0.2) is 0 Å². The SMILES string of the molecule is COc1cncc(OC2CCCN(C(=O)c3ccc[nH]c3=O)C2)n1. The van der Waals surface area contributed by atoms with Crippen LogP contribution in [0.1, 0.15) is 23.2 Å². The maximum Gasteiger partial charge on any atom is 0.260 e. The third kappa shape index (κ3) is 3.53. The van der Waals surface area contributed by atoms with Crippen LogP contribution in [-0.4, -0.2) is 52.1 Å². The molecule has 1 unspecified atom stereocenters. The molecule has 0 saturated carbocycles. The Morgan fingerprint density at radius 1 is 1.38 bits per heavy atom. The molecule has 2 aromatic heterocycles. The van der Waals surface area contributed by atoms with Crippen LogP contribution < -0.4 is 15.0 Å². The van der Waals surface area contributed by atoms with Crippen molar-refractivity contribution in [2.24, 2.45) is 0 Å². The van der Waals surface area contributed by atoms with E-state index in [2.05, 4.69) is 15.0 Å². The van der Waals surface area contributed by atoms with Gasteiger partial charge in [0.2, 0.25) is 11.8 Å². The van der Waals surface area contributed by atoms with Crippen LogP contribution in [0.4, 0.5) is 0 Å². The van der Waals surface area contributed by atoms with Gasteiger partial charge in [-0.2, -0.15) is 4.98 Å². The first-order valence-corrected chi connectivity index (χ1v) is 7.67. The Hall–Kier alpha value is -2.90. The van der Waals surface area contributed by atoms with Gasteiger partial charge in [-0.3, -0.25) is 14.6 Å². The number of aromatic nitrogens is 3. The normalized spacial score (nSPS) is 17.4. The highest BCUT2D eigenvalue weighted by Crippen LogP contribution is 2.19. The van der Waals surface area contributed by atoms with E-state index in [0.29, 0.717) is 24.8 Å². The lowest BCUT2D eigenvalue weighted by Crippen LogP contribution is -2.45. The summed E-state index contributed by atoms with van der Waals surface area (Å²) in [5, 5.41) is 0. The number of rotatable bonds is 4. The molecule has 2 aromatic rings. The van der Waals surface area contributed by atoms with Gasteiger partial charge in [0.05, 0.1) is 26.0 Å². The molecule has 8 heteroatoms. The van der Waals surface area contributed by atoms with Crippen molar-refractivity contribution < 1.29 is 14.3 Å². The molecule has 126 valence electrons. The van der Waals surface area contributed by atoms with Crippen molar-refractivity contribution in [3.63, 3.8) is 0 Å². The highest BCUT2D eigenvalue weighted by atomic mass is 16.5. The highest BCUT2D eigenvalue weighted by molar-refractivity contribution is 5.93. The second-order valence-electron chi connectivity index (χ2n) is 5.45. The molecule has 3 heterocycles. The van der Waals surface area contributed by atoms with Crippen LogP contribution in [0, 0.1) is 0 Å². The summed E-state index contributed by atoms with van der Waals surface area (Å²) in [4.78, 5) is 36.6. The number of aromatic amines is 1. The number of hydrogen-bond acceptors (Lipinski definition) is 6. The molecule has 1 fully saturated rings. The number of nitrogens with zero attached hydrogens (tertiary/aromatic N) is 3. The molecule has 1 N–H and O–H groups in total. The van der Waals surface area contributed by atoms with Gasteiger partial charge in [-0.05, 0) is 25.0 Å². The summed E-state index contributed by atoms with van der Waals surface area (Å²) in [5.74, 6) is 0.431. The van der Waals surface area contributed by atoms with Crippen LogP contribution in [0.15, 0.2) is 35.5 Å². The van der Waals surface area contributed by atoms with E-state index >= 15 is 0 Å². The van der Waals surface area contributed by atoms with Gasteiger partial charge in [0.1, 0.15) is 11.7 Å². The largest absolute Gasteiger partial charge is 0.480 e. The smallest absolute Gasteiger partial charge is 0.260 e. The zero-order valence-corrected chi connectivity index (χ0v) is 13.3. The molecule has 1 amide bonds. The zero-order valence-electron chi connectivity index (χ0n) is 13.3. The molecule has 0 bridgehead atoms. The number of piperidine rings is 1. The molecule has 1 aliphatic heterocycles. The first-order valence-electron chi connectivity index (χ1n) is 7.67. The Labute approximate surface area is 138 Å². The Morgan fingerprint density at radius 2 is 2.21 bits per heavy atom. The van der Waals surface area contributed by atoms with Gasteiger partial charge < -0.3 is 19.4 Å². The Bertz CT molecular complexity index is 776. The van der Waals surface area contributed by atoms with Gasteiger partial charge in [0.25, 0.3) is 11.5 Å². The first kappa shape index (κ1) is 16.0. The van der Waals surface area contributed by atoms with Crippen LogP contribution in [0.5, 0.6) is 11.8 Å². The lowest BCUT2D eigenvalue weighted by molar-refractivity contribution is 0.0523. The molecule has 0 radical (unpaired) electrons. The number of likely N-dealkylation sites (tertiary alicyclic amines) is 1. The topological polar surface area (TPSA) is 97.4 Å². The second-order valence-corrected chi connectivity index (χ2v) is 5.45. The van der Waals surface area contributed by atoms with Crippen molar-refractivity contribution >= 4 is 5.91 Å². The minimum atomic E-state index is -0.385. The summed E-state index contributed by atoms with van der Waals surface area (Å²) in [7, 11) is 1.51. The average Bonchev–Trinajstić information content (AvgIpc) is 2.62. The zero-order chi connectivity index (χ0) is 16.9. The number of amides is 1. The fourth-order valence-electron chi connectivity index (χ4n) is 2.64. The van der Waals surface area contributed by atoms with Crippen LogP contribution in [0.3, 0.4) is 0 Å². The standard InChI is InChI=1S/C16H18N4O4/c1-23-13-8-17-9-14(19-13)24-11-4-3-7-20(10-11)16(22)12-5-2-6-18-15(12)21/h2,5-6,8-9,11H,3-4,7,10H2,1H3,(H,18,21). The molecular weight excluding hydrogens is 312 g/mol. The average molecular weight is 330 g/mol. The third-order valence-electron chi connectivity index (χ3n) is 3.80. The minimum Gasteiger partial charge on any atom is -0.480 e. The fraction of sp³-hybridized carbons (Fsp3) is 0.375. The van der Waals surface area contributed by atoms with Crippen molar-refractivity contribution in [3.8, 4) is 11.8 Å². The number of carbonyl (C=O) groups is 1. The van der Waals surface area contributed by atoms with Gasteiger partial charge in [0, 0.05) is 12.7 Å². The molecule has 0 spiro atoms. The van der Waals surface area contributed by atoms with E-state index in [0.717, 1.165) is 12.8 Å². The van der Waals surface area contributed by atoms with Crippen LogP contribution in [0.2, 0.25) is 0 Å².